The smallest absolute Gasteiger partial charge is 0.294 e. The molecule has 0 unspecified atom stereocenters. The van der Waals surface area contributed by atoms with Gasteiger partial charge in [-0.15, -0.1) is 0 Å². The number of benzene rings is 2. The first kappa shape index (κ1) is 19.2. The standard InChI is InChI=1S/C18H17N3O4S/c1-12-3-8-17(13(2)9-12)20-11-14(10-19)18(22)21-15-4-6-16(7-5-15)26(23,24)25/h3-9,11,20H,1-2H3,(H,21,22)(H,23,24,25)/b14-11-. The Morgan fingerprint density at radius 1 is 1.15 bits per heavy atom. The molecule has 1 amide bonds. The highest BCUT2D eigenvalue weighted by molar-refractivity contribution is 7.85. The summed E-state index contributed by atoms with van der Waals surface area (Å²) in [5, 5.41) is 14.6. The molecule has 8 heteroatoms. The van der Waals surface area contributed by atoms with Crippen molar-refractivity contribution in [3.63, 3.8) is 0 Å². The first-order valence-electron chi connectivity index (χ1n) is 7.53. The Morgan fingerprint density at radius 3 is 2.35 bits per heavy atom. The Hall–Kier alpha value is -3.15. The normalized spacial score (nSPS) is 11.5. The minimum Gasteiger partial charge on any atom is -0.360 e. The number of carbonyl (C=O) groups excluding carboxylic acids is 1. The van der Waals surface area contributed by atoms with E-state index in [1.54, 1.807) is 0 Å². The van der Waals surface area contributed by atoms with Crippen LogP contribution in [0.25, 0.3) is 0 Å². The van der Waals surface area contributed by atoms with Crippen LogP contribution in [-0.4, -0.2) is 18.9 Å². The van der Waals surface area contributed by atoms with Crippen LogP contribution in [0.1, 0.15) is 11.1 Å². The number of hydrogen-bond donors (Lipinski definition) is 3. The van der Waals surface area contributed by atoms with Crippen molar-refractivity contribution in [2.75, 3.05) is 10.6 Å². The lowest BCUT2D eigenvalue weighted by Crippen LogP contribution is -2.14. The van der Waals surface area contributed by atoms with Gasteiger partial charge in [-0.3, -0.25) is 9.35 Å². The molecule has 2 aromatic rings. The zero-order valence-corrected chi connectivity index (χ0v) is 15.0. The highest BCUT2D eigenvalue weighted by Crippen LogP contribution is 2.17. The van der Waals surface area contributed by atoms with E-state index in [0.29, 0.717) is 0 Å². The topological polar surface area (TPSA) is 119 Å². The molecule has 0 saturated carbocycles. The second kappa shape index (κ2) is 7.82. The Morgan fingerprint density at radius 2 is 1.81 bits per heavy atom. The Balaban J connectivity index is 2.12. The van der Waals surface area contributed by atoms with Gasteiger partial charge < -0.3 is 10.6 Å². The van der Waals surface area contributed by atoms with Crippen LogP contribution in [-0.2, 0) is 14.9 Å². The lowest BCUT2D eigenvalue weighted by atomic mass is 10.1. The van der Waals surface area contributed by atoms with E-state index < -0.39 is 16.0 Å². The van der Waals surface area contributed by atoms with Crippen molar-refractivity contribution < 1.29 is 17.8 Å². The summed E-state index contributed by atoms with van der Waals surface area (Å²) in [6, 6.07) is 12.5. The summed E-state index contributed by atoms with van der Waals surface area (Å²) in [5.74, 6) is -0.649. The summed E-state index contributed by atoms with van der Waals surface area (Å²) < 4.78 is 30.9. The van der Waals surface area contributed by atoms with E-state index >= 15 is 0 Å². The molecule has 0 spiro atoms. The molecule has 0 fully saturated rings. The molecule has 0 saturated heterocycles. The molecule has 2 rings (SSSR count). The molecule has 3 N–H and O–H groups in total. The van der Waals surface area contributed by atoms with E-state index in [1.165, 1.54) is 18.3 Å². The molecule has 0 bridgehead atoms. The average Bonchev–Trinajstić information content (AvgIpc) is 2.56. The maximum absolute atomic E-state index is 12.2. The predicted molar refractivity (Wildman–Crippen MR) is 98.1 cm³/mol. The minimum atomic E-state index is -4.30. The van der Waals surface area contributed by atoms with Gasteiger partial charge in [-0.2, -0.15) is 13.7 Å². The van der Waals surface area contributed by atoms with E-state index in [2.05, 4.69) is 10.6 Å². The maximum Gasteiger partial charge on any atom is 0.294 e. The predicted octanol–water partition coefficient (Wildman–Crippen LogP) is 3.01. The molecule has 0 aliphatic rings. The van der Waals surface area contributed by atoms with Gasteiger partial charge in [-0.25, -0.2) is 0 Å². The third-order valence-corrected chi connectivity index (χ3v) is 4.40. The van der Waals surface area contributed by atoms with Gasteiger partial charge in [0, 0.05) is 17.6 Å². The molecule has 0 aliphatic carbocycles. The lowest BCUT2D eigenvalue weighted by molar-refractivity contribution is -0.112. The van der Waals surface area contributed by atoms with E-state index in [0.717, 1.165) is 28.9 Å². The van der Waals surface area contributed by atoms with Gasteiger partial charge in [0.05, 0.1) is 4.90 Å². The summed E-state index contributed by atoms with van der Waals surface area (Å²) in [4.78, 5) is 11.9. The number of aryl methyl sites for hydroxylation is 2. The quantitative estimate of drug-likeness (QED) is 0.422. The fourth-order valence-corrected chi connectivity index (χ4v) is 2.66. The van der Waals surface area contributed by atoms with Crippen molar-refractivity contribution in [3.8, 4) is 6.07 Å². The van der Waals surface area contributed by atoms with Crippen molar-refractivity contribution in [2.24, 2.45) is 0 Å². The first-order valence-corrected chi connectivity index (χ1v) is 8.97. The van der Waals surface area contributed by atoms with Crippen LogP contribution in [0.2, 0.25) is 0 Å². The van der Waals surface area contributed by atoms with Gasteiger partial charge >= 0.3 is 0 Å². The Bertz CT molecular complexity index is 1000. The van der Waals surface area contributed by atoms with Crippen molar-refractivity contribution in [2.45, 2.75) is 18.7 Å². The van der Waals surface area contributed by atoms with Crippen LogP contribution >= 0.6 is 0 Å². The van der Waals surface area contributed by atoms with Crippen molar-refractivity contribution in [1.82, 2.24) is 0 Å². The zero-order chi connectivity index (χ0) is 19.3. The Kier molecular flexibility index (Phi) is 5.77. The second-order valence-corrected chi connectivity index (χ2v) is 7.01. The van der Waals surface area contributed by atoms with Crippen LogP contribution in [0.4, 0.5) is 11.4 Å². The number of hydrogen-bond acceptors (Lipinski definition) is 5. The van der Waals surface area contributed by atoms with E-state index in [9.17, 15) is 18.5 Å². The first-order chi connectivity index (χ1) is 12.2. The molecule has 26 heavy (non-hydrogen) atoms. The molecule has 0 radical (unpaired) electrons. The Labute approximate surface area is 151 Å². The van der Waals surface area contributed by atoms with Crippen LogP contribution in [0.5, 0.6) is 0 Å². The summed E-state index contributed by atoms with van der Waals surface area (Å²) in [7, 11) is -4.30. The third kappa shape index (κ3) is 4.92. The molecule has 2 aromatic carbocycles. The summed E-state index contributed by atoms with van der Waals surface area (Å²) in [6.45, 7) is 3.88. The van der Waals surface area contributed by atoms with Gasteiger partial charge in [-0.05, 0) is 49.7 Å². The molecule has 0 aliphatic heterocycles. The van der Waals surface area contributed by atoms with Gasteiger partial charge in [0.15, 0.2) is 0 Å². The van der Waals surface area contributed by atoms with Crippen molar-refractivity contribution in [3.05, 3.63) is 65.4 Å². The maximum atomic E-state index is 12.2. The van der Waals surface area contributed by atoms with E-state index in [1.807, 2.05) is 38.1 Å². The van der Waals surface area contributed by atoms with Crippen LogP contribution in [0.15, 0.2) is 59.1 Å². The van der Waals surface area contributed by atoms with E-state index in [4.69, 9.17) is 4.55 Å². The molecular weight excluding hydrogens is 354 g/mol. The SMILES string of the molecule is Cc1ccc(N/C=C(/C#N)C(=O)Nc2ccc(S(=O)(=O)O)cc2)c(C)c1. The van der Waals surface area contributed by atoms with E-state index in [-0.39, 0.29) is 16.2 Å². The van der Waals surface area contributed by atoms with Gasteiger partial charge in [0.1, 0.15) is 11.6 Å². The molecule has 134 valence electrons. The van der Waals surface area contributed by atoms with Gasteiger partial charge in [-0.1, -0.05) is 17.7 Å². The molecule has 0 aromatic heterocycles. The minimum absolute atomic E-state index is 0.149. The third-order valence-electron chi connectivity index (χ3n) is 3.53. The number of anilines is 2. The highest BCUT2D eigenvalue weighted by Gasteiger charge is 2.12. The van der Waals surface area contributed by atoms with Crippen LogP contribution in [0, 0.1) is 25.2 Å². The number of nitriles is 1. The molecular formula is C18H17N3O4S. The summed E-state index contributed by atoms with van der Waals surface area (Å²) in [6.07, 6.45) is 1.31. The zero-order valence-electron chi connectivity index (χ0n) is 14.1. The molecule has 0 atom stereocenters. The fraction of sp³-hybridized carbons (Fsp3) is 0.111. The number of nitrogens with one attached hydrogen (secondary N) is 2. The second-order valence-electron chi connectivity index (χ2n) is 5.59. The average molecular weight is 371 g/mol. The number of nitrogens with zero attached hydrogens (tertiary/aromatic N) is 1. The fourth-order valence-electron chi connectivity index (χ4n) is 2.18. The monoisotopic (exact) mass is 371 g/mol. The largest absolute Gasteiger partial charge is 0.360 e. The highest BCUT2D eigenvalue weighted by atomic mass is 32.2. The van der Waals surface area contributed by atoms with Crippen molar-refractivity contribution in [1.29, 1.82) is 5.26 Å². The van der Waals surface area contributed by atoms with Gasteiger partial charge in [0.2, 0.25) is 0 Å². The van der Waals surface area contributed by atoms with Gasteiger partial charge in [0.25, 0.3) is 16.0 Å². The number of carbonyl (C=O) groups is 1. The summed E-state index contributed by atoms with van der Waals surface area (Å²) in [5.41, 5.74) is 2.98. The molecule has 0 heterocycles. The summed E-state index contributed by atoms with van der Waals surface area (Å²) >= 11 is 0. The lowest BCUT2D eigenvalue weighted by Gasteiger charge is -2.08. The number of rotatable bonds is 5. The van der Waals surface area contributed by atoms with Crippen LogP contribution in [0.3, 0.4) is 0 Å². The van der Waals surface area contributed by atoms with Crippen LogP contribution < -0.4 is 10.6 Å². The number of amides is 1. The molecule has 7 nitrogen and oxygen atoms in total. The van der Waals surface area contributed by atoms with Crippen molar-refractivity contribution >= 4 is 27.4 Å².